The Morgan fingerprint density at radius 1 is 1.22 bits per heavy atom. The van der Waals surface area contributed by atoms with Gasteiger partial charge in [-0.1, -0.05) is 18.2 Å². The first-order valence-corrected chi connectivity index (χ1v) is 6.64. The fourth-order valence-electron chi connectivity index (χ4n) is 2.02. The maximum atomic E-state index is 6.28. The van der Waals surface area contributed by atoms with Gasteiger partial charge in [-0.15, -0.1) is 11.3 Å². The number of rotatable bonds is 2. The predicted molar refractivity (Wildman–Crippen MR) is 74.6 cm³/mol. The third-order valence-corrected chi connectivity index (χ3v) is 4.05. The van der Waals surface area contributed by atoms with E-state index in [0.717, 1.165) is 27.0 Å². The molecule has 0 radical (unpaired) electrons. The average molecular weight is 255 g/mol. The second kappa shape index (κ2) is 4.48. The van der Waals surface area contributed by atoms with E-state index in [4.69, 9.17) is 5.73 Å². The molecule has 0 fully saturated rings. The molecule has 1 aromatic carbocycles. The SMILES string of the molecule is Cc1ncsc1C(N)c1cnc2ccccc2c1. The number of hydrogen-bond donors (Lipinski definition) is 1. The molecule has 2 N–H and O–H groups in total. The van der Waals surface area contributed by atoms with Crippen molar-refractivity contribution >= 4 is 22.2 Å². The molecule has 1 atom stereocenters. The molecule has 0 saturated carbocycles. The molecule has 0 saturated heterocycles. The Morgan fingerprint density at radius 2 is 2.06 bits per heavy atom. The van der Waals surface area contributed by atoms with Crippen molar-refractivity contribution in [3.63, 3.8) is 0 Å². The van der Waals surface area contributed by atoms with E-state index in [-0.39, 0.29) is 6.04 Å². The minimum Gasteiger partial charge on any atom is -0.320 e. The molecule has 0 aliphatic carbocycles. The molecule has 4 heteroatoms. The summed E-state index contributed by atoms with van der Waals surface area (Å²) in [6.07, 6.45) is 1.85. The number of thiazole rings is 1. The minimum atomic E-state index is -0.144. The first-order chi connectivity index (χ1) is 8.75. The van der Waals surface area contributed by atoms with Crippen LogP contribution in [-0.2, 0) is 0 Å². The third kappa shape index (κ3) is 1.89. The maximum Gasteiger partial charge on any atom is 0.0798 e. The summed E-state index contributed by atoms with van der Waals surface area (Å²) in [6, 6.07) is 10.0. The smallest absolute Gasteiger partial charge is 0.0798 e. The number of pyridine rings is 1. The first-order valence-electron chi connectivity index (χ1n) is 5.76. The predicted octanol–water partition coefficient (Wildman–Crippen LogP) is 3.05. The van der Waals surface area contributed by atoms with Crippen LogP contribution in [0.5, 0.6) is 0 Å². The number of aromatic nitrogens is 2. The van der Waals surface area contributed by atoms with Gasteiger partial charge in [-0.25, -0.2) is 4.98 Å². The van der Waals surface area contributed by atoms with Crippen molar-refractivity contribution in [1.82, 2.24) is 9.97 Å². The Hall–Kier alpha value is -1.78. The standard InChI is InChI=1S/C14H13N3S/c1-9-14(18-8-17-9)13(15)11-6-10-4-2-3-5-12(10)16-7-11/h2-8,13H,15H2,1H3. The Morgan fingerprint density at radius 3 is 2.83 bits per heavy atom. The molecule has 1 unspecified atom stereocenters. The van der Waals surface area contributed by atoms with Gasteiger partial charge in [0.25, 0.3) is 0 Å². The molecule has 3 aromatic rings. The lowest BCUT2D eigenvalue weighted by Gasteiger charge is -2.11. The number of aryl methyl sites for hydroxylation is 1. The largest absolute Gasteiger partial charge is 0.320 e. The highest BCUT2D eigenvalue weighted by Crippen LogP contribution is 2.26. The van der Waals surface area contributed by atoms with E-state index in [1.54, 1.807) is 11.3 Å². The number of benzene rings is 1. The van der Waals surface area contributed by atoms with Crippen LogP contribution >= 0.6 is 11.3 Å². The zero-order valence-corrected chi connectivity index (χ0v) is 10.8. The topological polar surface area (TPSA) is 51.8 Å². The summed E-state index contributed by atoms with van der Waals surface area (Å²) >= 11 is 1.59. The summed E-state index contributed by atoms with van der Waals surface area (Å²) in [5.74, 6) is 0. The van der Waals surface area contributed by atoms with Gasteiger partial charge in [-0.05, 0) is 24.6 Å². The molecule has 3 rings (SSSR count). The molecule has 0 aliphatic rings. The van der Waals surface area contributed by atoms with Gasteiger partial charge in [0, 0.05) is 16.5 Å². The first kappa shape index (κ1) is 11.3. The normalized spacial score (nSPS) is 12.8. The van der Waals surface area contributed by atoms with E-state index in [1.165, 1.54) is 0 Å². The van der Waals surface area contributed by atoms with E-state index in [9.17, 15) is 0 Å². The molecule has 3 nitrogen and oxygen atoms in total. The number of nitrogens with two attached hydrogens (primary N) is 1. The van der Waals surface area contributed by atoms with Crippen LogP contribution in [0.4, 0.5) is 0 Å². The van der Waals surface area contributed by atoms with E-state index in [1.807, 2.05) is 36.8 Å². The van der Waals surface area contributed by atoms with Gasteiger partial charge in [0.15, 0.2) is 0 Å². The number of para-hydroxylation sites is 1. The van der Waals surface area contributed by atoms with Crippen molar-refractivity contribution in [1.29, 1.82) is 0 Å². The monoisotopic (exact) mass is 255 g/mol. The van der Waals surface area contributed by atoms with Gasteiger partial charge in [0.05, 0.1) is 22.8 Å². The minimum absolute atomic E-state index is 0.144. The van der Waals surface area contributed by atoms with E-state index >= 15 is 0 Å². The summed E-state index contributed by atoms with van der Waals surface area (Å²) in [7, 11) is 0. The van der Waals surface area contributed by atoms with Gasteiger partial charge in [0.2, 0.25) is 0 Å². The summed E-state index contributed by atoms with van der Waals surface area (Å²) < 4.78 is 0. The molecule has 0 amide bonds. The Labute approximate surface area is 109 Å². The molecule has 18 heavy (non-hydrogen) atoms. The van der Waals surface area contributed by atoms with Crippen molar-refractivity contribution in [2.45, 2.75) is 13.0 Å². The van der Waals surface area contributed by atoms with Gasteiger partial charge in [-0.2, -0.15) is 0 Å². The van der Waals surface area contributed by atoms with Gasteiger partial charge >= 0.3 is 0 Å². The quantitative estimate of drug-likeness (QED) is 0.765. The van der Waals surface area contributed by atoms with Crippen molar-refractivity contribution in [2.75, 3.05) is 0 Å². The zero-order valence-electron chi connectivity index (χ0n) is 10.00. The van der Waals surface area contributed by atoms with Crippen molar-refractivity contribution in [3.05, 3.63) is 58.2 Å². The molecule has 90 valence electrons. The van der Waals surface area contributed by atoms with Crippen LogP contribution in [-0.4, -0.2) is 9.97 Å². The van der Waals surface area contributed by atoms with Crippen LogP contribution in [0.1, 0.15) is 22.2 Å². The van der Waals surface area contributed by atoms with E-state index in [2.05, 4.69) is 22.1 Å². The second-order valence-electron chi connectivity index (χ2n) is 4.24. The Balaban J connectivity index is 2.07. The highest BCUT2D eigenvalue weighted by atomic mass is 32.1. The molecule has 0 bridgehead atoms. The number of nitrogens with zero attached hydrogens (tertiary/aromatic N) is 2. The van der Waals surface area contributed by atoms with Crippen molar-refractivity contribution < 1.29 is 0 Å². The van der Waals surface area contributed by atoms with Crippen molar-refractivity contribution in [3.8, 4) is 0 Å². The van der Waals surface area contributed by atoms with Crippen molar-refractivity contribution in [2.24, 2.45) is 5.73 Å². The average Bonchev–Trinajstić information content (AvgIpc) is 2.83. The van der Waals surface area contributed by atoms with Crippen LogP contribution in [0.25, 0.3) is 10.9 Å². The second-order valence-corrected chi connectivity index (χ2v) is 5.13. The Bertz CT molecular complexity index is 690. The molecular formula is C14H13N3S. The van der Waals surface area contributed by atoms with Crippen LogP contribution in [0.3, 0.4) is 0 Å². The van der Waals surface area contributed by atoms with E-state index in [0.29, 0.717) is 0 Å². The summed E-state index contributed by atoms with van der Waals surface area (Å²) in [6.45, 7) is 1.99. The molecule has 2 aromatic heterocycles. The lowest BCUT2D eigenvalue weighted by Crippen LogP contribution is -2.11. The number of fused-ring (bicyclic) bond motifs is 1. The van der Waals surface area contributed by atoms with Crippen LogP contribution in [0, 0.1) is 6.92 Å². The van der Waals surface area contributed by atoms with Gasteiger partial charge < -0.3 is 5.73 Å². The lowest BCUT2D eigenvalue weighted by molar-refractivity contribution is 0.873. The highest BCUT2D eigenvalue weighted by Gasteiger charge is 2.14. The molecule has 2 heterocycles. The van der Waals surface area contributed by atoms with Crippen LogP contribution in [0.2, 0.25) is 0 Å². The van der Waals surface area contributed by atoms with Crippen LogP contribution in [0.15, 0.2) is 42.0 Å². The van der Waals surface area contributed by atoms with Crippen LogP contribution < -0.4 is 5.73 Å². The fraction of sp³-hybridized carbons (Fsp3) is 0.143. The summed E-state index contributed by atoms with van der Waals surface area (Å²) in [5.41, 5.74) is 11.1. The third-order valence-electron chi connectivity index (χ3n) is 3.04. The summed E-state index contributed by atoms with van der Waals surface area (Å²) in [4.78, 5) is 9.79. The maximum absolute atomic E-state index is 6.28. The molecular weight excluding hydrogens is 242 g/mol. The summed E-state index contributed by atoms with van der Waals surface area (Å²) in [5, 5.41) is 1.12. The molecule has 0 aliphatic heterocycles. The fourth-order valence-corrected chi connectivity index (χ4v) is 2.85. The molecule has 0 spiro atoms. The Kier molecular flexibility index (Phi) is 2.81. The van der Waals surface area contributed by atoms with Gasteiger partial charge in [0.1, 0.15) is 0 Å². The van der Waals surface area contributed by atoms with E-state index < -0.39 is 0 Å². The lowest BCUT2D eigenvalue weighted by atomic mass is 10.1. The number of hydrogen-bond acceptors (Lipinski definition) is 4. The van der Waals surface area contributed by atoms with Gasteiger partial charge in [-0.3, -0.25) is 4.98 Å². The zero-order chi connectivity index (χ0) is 12.5. The highest BCUT2D eigenvalue weighted by molar-refractivity contribution is 7.09.